The van der Waals surface area contributed by atoms with E-state index in [2.05, 4.69) is 0 Å². The van der Waals surface area contributed by atoms with Crippen molar-refractivity contribution < 1.29 is 27.9 Å². The summed E-state index contributed by atoms with van der Waals surface area (Å²) in [5.74, 6) is -3.99. The highest BCUT2D eigenvalue weighted by Crippen LogP contribution is 2.40. The number of carboxylic acid groups (broad SMARTS) is 1. The van der Waals surface area contributed by atoms with E-state index in [1.165, 1.54) is 0 Å². The number of hydrogen-bond donors (Lipinski definition) is 1. The number of halogens is 3. The van der Waals surface area contributed by atoms with Crippen LogP contribution in [0.15, 0.2) is 0 Å². The summed E-state index contributed by atoms with van der Waals surface area (Å²) in [6.07, 6.45) is -3.48. The quantitative estimate of drug-likeness (QED) is 0.763. The molecule has 2 saturated heterocycles. The third kappa shape index (κ3) is 2.10. The first-order valence-electron chi connectivity index (χ1n) is 5.41. The Morgan fingerprint density at radius 1 is 1.24 bits per heavy atom. The Morgan fingerprint density at radius 2 is 1.88 bits per heavy atom. The highest BCUT2D eigenvalue weighted by Gasteiger charge is 2.52. The third-order valence-electron chi connectivity index (χ3n) is 3.60. The molecular weight excluding hydrogens is 239 g/mol. The molecule has 2 bridgehead atoms. The number of carboxylic acids is 1. The smallest absolute Gasteiger partial charge is 0.471 e. The van der Waals surface area contributed by atoms with E-state index in [0.717, 1.165) is 0 Å². The maximum Gasteiger partial charge on any atom is 0.471 e. The molecule has 0 radical (unpaired) electrons. The SMILES string of the molecule is O=C(O)[C@H]1C[C@@H]2CC[C@H]1N(C(=O)C(F)(F)F)C2. The van der Waals surface area contributed by atoms with E-state index in [9.17, 15) is 22.8 Å². The molecule has 3 fully saturated rings. The van der Waals surface area contributed by atoms with Gasteiger partial charge < -0.3 is 10.0 Å². The summed E-state index contributed by atoms with van der Waals surface area (Å²) >= 11 is 0. The fraction of sp³-hybridized carbons (Fsp3) is 0.800. The normalized spacial score (nSPS) is 32.6. The number of carbonyl (C=O) groups is 2. The van der Waals surface area contributed by atoms with E-state index < -0.39 is 30.0 Å². The van der Waals surface area contributed by atoms with Crippen LogP contribution in [-0.4, -0.2) is 40.6 Å². The van der Waals surface area contributed by atoms with E-state index in [-0.39, 0.29) is 12.5 Å². The molecular formula is C10H12F3NO3. The number of amides is 1. The molecule has 17 heavy (non-hydrogen) atoms. The predicted octanol–water partition coefficient (Wildman–Crippen LogP) is 1.26. The number of piperidine rings is 2. The van der Waals surface area contributed by atoms with Gasteiger partial charge in [0.2, 0.25) is 0 Å². The number of aliphatic carboxylic acids is 1. The van der Waals surface area contributed by atoms with Gasteiger partial charge in [-0.3, -0.25) is 9.59 Å². The number of rotatable bonds is 1. The molecule has 7 heteroatoms. The molecule has 1 saturated carbocycles. The average molecular weight is 251 g/mol. The van der Waals surface area contributed by atoms with Crippen molar-refractivity contribution in [2.45, 2.75) is 31.5 Å². The summed E-state index contributed by atoms with van der Waals surface area (Å²) in [4.78, 5) is 22.8. The van der Waals surface area contributed by atoms with Gasteiger partial charge in [0.1, 0.15) is 0 Å². The number of alkyl halides is 3. The van der Waals surface area contributed by atoms with Gasteiger partial charge in [0.25, 0.3) is 0 Å². The summed E-state index contributed by atoms with van der Waals surface area (Å²) in [7, 11) is 0. The largest absolute Gasteiger partial charge is 0.481 e. The number of carbonyl (C=O) groups excluding carboxylic acids is 1. The Balaban J connectivity index is 2.20. The predicted molar refractivity (Wildman–Crippen MR) is 50.0 cm³/mol. The third-order valence-corrected chi connectivity index (χ3v) is 3.60. The van der Waals surface area contributed by atoms with E-state index in [4.69, 9.17) is 5.11 Å². The van der Waals surface area contributed by atoms with Crippen molar-refractivity contribution in [3.63, 3.8) is 0 Å². The highest BCUT2D eigenvalue weighted by molar-refractivity contribution is 5.83. The van der Waals surface area contributed by atoms with Gasteiger partial charge in [-0.15, -0.1) is 0 Å². The van der Waals surface area contributed by atoms with Crippen LogP contribution in [0.4, 0.5) is 13.2 Å². The van der Waals surface area contributed by atoms with Gasteiger partial charge in [-0.1, -0.05) is 0 Å². The Morgan fingerprint density at radius 3 is 2.35 bits per heavy atom. The molecule has 1 aliphatic carbocycles. The molecule has 0 spiro atoms. The minimum atomic E-state index is -4.92. The lowest BCUT2D eigenvalue weighted by molar-refractivity contribution is -0.196. The second-order valence-electron chi connectivity index (χ2n) is 4.65. The molecule has 0 aromatic carbocycles. The van der Waals surface area contributed by atoms with Crippen LogP contribution in [0.3, 0.4) is 0 Å². The van der Waals surface area contributed by atoms with Crippen molar-refractivity contribution in [3.8, 4) is 0 Å². The van der Waals surface area contributed by atoms with Crippen LogP contribution in [-0.2, 0) is 9.59 Å². The zero-order valence-electron chi connectivity index (χ0n) is 8.91. The van der Waals surface area contributed by atoms with Crippen LogP contribution in [0.5, 0.6) is 0 Å². The van der Waals surface area contributed by atoms with E-state index in [1.807, 2.05) is 0 Å². The fourth-order valence-electron chi connectivity index (χ4n) is 2.86. The van der Waals surface area contributed by atoms with E-state index >= 15 is 0 Å². The highest BCUT2D eigenvalue weighted by atomic mass is 19.4. The zero-order chi connectivity index (χ0) is 12.8. The fourth-order valence-corrected chi connectivity index (χ4v) is 2.86. The lowest BCUT2D eigenvalue weighted by atomic mass is 9.72. The lowest BCUT2D eigenvalue weighted by Gasteiger charge is -2.48. The summed E-state index contributed by atoms with van der Waals surface area (Å²) in [6.45, 7) is 0.0345. The van der Waals surface area contributed by atoms with Crippen molar-refractivity contribution >= 4 is 11.9 Å². The maximum atomic E-state index is 12.3. The molecule has 0 aromatic heterocycles. The van der Waals surface area contributed by atoms with Crippen molar-refractivity contribution in [3.05, 3.63) is 0 Å². The Kier molecular flexibility index (Phi) is 2.79. The van der Waals surface area contributed by atoms with Crippen molar-refractivity contribution in [2.24, 2.45) is 11.8 Å². The second-order valence-corrected chi connectivity index (χ2v) is 4.65. The second kappa shape index (κ2) is 3.89. The monoisotopic (exact) mass is 251 g/mol. The van der Waals surface area contributed by atoms with Crippen LogP contribution in [0.1, 0.15) is 19.3 Å². The van der Waals surface area contributed by atoms with Crippen LogP contribution >= 0.6 is 0 Å². The maximum absolute atomic E-state index is 12.3. The molecule has 0 unspecified atom stereocenters. The van der Waals surface area contributed by atoms with Gasteiger partial charge in [0, 0.05) is 12.6 Å². The molecule has 3 aliphatic rings. The summed E-state index contributed by atoms with van der Waals surface area (Å²) in [5.41, 5.74) is 0. The van der Waals surface area contributed by atoms with Gasteiger partial charge in [0.15, 0.2) is 0 Å². The molecule has 3 atom stereocenters. The Labute approximate surface area is 95.4 Å². The summed E-state index contributed by atoms with van der Waals surface area (Å²) < 4.78 is 37.0. The van der Waals surface area contributed by atoms with Crippen molar-refractivity contribution in [1.82, 2.24) is 4.90 Å². The van der Waals surface area contributed by atoms with Crippen LogP contribution in [0.2, 0.25) is 0 Å². The first kappa shape index (κ1) is 12.2. The lowest BCUT2D eigenvalue weighted by Crippen LogP contribution is -2.59. The number of hydrogen-bond acceptors (Lipinski definition) is 2. The molecule has 0 aromatic rings. The summed E-state index contributed by atoms with van der Waals surface area (Å²) in [6, 6.07) is -0.799. The minimum Gasteiger partial charge on any atom is -0.481 e. The number of fused-ring (bicyclic) bond motifs is 3. The molecule has 96 valence electrons. The summed E-state index contributed by atoms with van der Waals surface area (Å²) in [5, 5.41) is 8.94. The number of nitrogens with zero attached hydrogens (tertiary/aromatic N) is 1. The van der Waals surface area contributed by atoms with Crippen LogP contribution < -0.4 is 0 Å². The van der Waals surface area contributed by atoms with E-state index in [0.29, 0.717) is 24.2 Å². The molecule has 3 rings (SSSR count). The standard InChI is InChI=1S/C10H12F3NO3/c11-10(12,13)9(17)14-4-5-1-2-7(14)6(3-5)8(15)16/h5-7H,1-4H2,(H,15,16)/t5-,6-,7+/m0/s1. The van der Waals surface area contributed by atoms with Gasteiger partial charge in [0.05, 0.1) is 5.92 Å². The molecule has 2 aliphatic heterocycles. The van der Waals surface area contributed by atoms with Crippen LogP contribution in [0.25, 0.3) is 0 Å². The first-order valence-corrected chi connectivity index (χ1v) is 5.41. The van der Waals surface area contributed by atoms with Crippen LogP contribution in [0, 0.1) is 11.8 Å². The molecule has 2 heterocycles. The average Bonchev–Trinajstić information content (AvgIpc) is 2.27. The molecule has 1 N–H and O–H groups in total. The van der Waals surface area contributed by atoms with Crippen molar-refractivity contribution in [1.29, 1.82) is 0 Å². The first-order chi connectivity index (χ1) is 7.80. The van der Waals surface area contributed by atoms with Gasteiger partial charge in [-0.05, 0) is 25.2 Å². The van der Waals surface area contributed by atoms with Gasteiger partial charge in [-0.2, -0.15) is 13.2 Å². The zero-order valence-corrected chi connectivity index (χ0v) is 8.91. The molecule has 1 amide bonds. The van der Waals surface area contributed by atoms with Crippen molar-refractivity contribution in [2.75, 3.05) is 6.54 Å². The Hall–Kier alpha value is -1.27. The minimum absolute atomic E-state index is 0.0345. The molecule has 4 nitrogen and oxygen atoms in total. The van der Waals surface area contributed by atoms with Gasteiger partial charge >= 0.3 is 18.1 Å². The van der Waals surface area contributed by atoms with Gasteiger partial charge in [-0.25, -0.2) is 0 Å². The van der Waals surface area contributed by atoms with E-state index in [1.54, 1.807) is 0 Å². The Bertz CT molecular complexity index is 355. The topological polar surface area (TPSA) is 57.6 Å².